The molecule has 0 fully saturated rings. The number of ether oxygens (including phenoxy) is 2. The highest BCUT2D eigenvalue weighted by atomic mass is 16.5. The number of carbonyl (C=O) groups is 1. The number of nitrogens with zero attached hydrogens (tertiary/aromatic N) is 2. The Hall–Kier alpha value is -3.04. The van der Waals surface area contributed by atoms with E-state index in [1.165, 1.54) is 5.56 Å². The molecule has 6 nitrogen and oxygen atoms in total. The van der Waals surface area contributed by atoms with E-state index in [2.05, 4.69) is 11.4 Å². The molecule has 0 aliphatic carbocycles. The lowest BCUT2D eigenvalue weighted by atomic mass is 9.98. The summed E-state index contributed by atoms with van der Waals surface area (Å²) >= 11 is 0. The summed E-state index contributed by atoms with van der Waals surface area (Å²) in [6, 6.07) is 13.6. The van der Waals surface area contributed by atoms with Crippen LogP contribution in [0, 0.1) is 11.3 Å². The van der Waals surface area contributed by atoms with Crippen molar-refractivity contribution < 1.29 is 14.3 Å². The topological polar surface area (TPSA) is 74.6 Å². The highest BCUT2D eigenvalue weighted by Crippen LogP contribution is 2.33. The van der Waals surface area contributed by atoms with Crippen molar-refractivity contribution in [3.8, 4) is 17.6 Å². The Morgan fingerprint density at radius 2 is 1.83 bits per heavy atom. The molecule has 2 aromatic rings. The fraction of sp³-hybridized carbons (Fsp3) is 0.391. The molecule has 29 heavy (non-hydrogen) atoms. The van der Waals surface area contributed by atoms with Gasteiger partial charge in [-0.05, 0) is 60.3 Å². The monoisotopic (exact) mass is 393 g/mol. The molecule has 3 rings (SSSR count). The van der Waals surface area contributed by atoms with E-state index in [-0.39, 0.29) is 5.91 Å². The van der Waals surface area contributed by atoms with Crippen LogP contribution in [-0.4, -0.2) is 38.1 Å². The third-order valence-corrected chi connectivity index (χ3v) is 5.23. The van der Waals surface area contributed by atoms with Gasteiger partial charge < -0.3 is 19.7 Å². The van der Waals surface area contributed by atoms with Crippen molar-refractivity contribution in [3.05, 3.63) is 58.7 Å². The molecule has 0 unspecified atom stereocenters. The zero-order chi connectivity index (χ0) is 20.6. The number of nitrogens with one attached hydrogen (secondary N) is 1. The Morgan fingerprint density at radius 1 is 1.14 bits per heavy atom. The molecule has 0 aromatic heterocycles. The molecule has 0 saturated carbocycles. The van der Waals surface area contributed by atoms with Crippen molar-refractivity contribution in [1.82, 2.24) is 10.2 Å². The fourth-order valence-electron chi connectivity index (χ4n) is 3.55. The Kier molecular flexibility index (Phi) is 7.09. The molecular weight excluding hydrogens is 366 g/mol. The largest absolute Gasteiger partial charge is 0.493 e. The normalized spacial score (nSPS) is 12.8. The minimum absolute atomic E-state index is 0.186. The second-order valence-corrected chi connectivity index (χ2v) is 7.13. The zero-order valence-electron chi connectivity index (χ0n) is 17.0. The Labute approximate surface area is 172 Å². The minimum Gasteiger partial charge on any atom is -0.493 e. The summed E-state index contributed by atoms with van der Waals surface area (Å²) in [5, 5.41) is 12.2. The van der Waals surface area contributed by atoms with Gasteiger partial charge in [0.15, 0.2) is 11.5 Å². The van der Waals surface area contributed by atoms with Crippen LogP contribution in [0.2, 0.25) is 0 Å². The molecule has 0 spiro atoms. The summed E-state index contributed by atoms with van der Waals surface area (Å²) in [5.74, 6) is 1.62. The maximum Gasteiger partial charge on any atom is 0.222 e. The number of benzene rings is 2. The van der Waals surface area contributed by atoms with Crippen LogP contribution >= 0.6 is 0 Å². The number of carbonyl (C=O) groups excluding carboxylic acids is 1. The predicted molar refractivity (Wildman–Crippen MR) is 111 cm³/mol. The van der Waals surface area contributed by atoms with Crippen molar-refractivity contribution >= 4 is 5.91 Å². The number of hydrogen-bond donors (Lipinski definition) is 1. The second-order valence-electron chi connectivity index (χ2n) is 7.13. The number of hydrogen-bond acceptors (Lipinski definition) is 5. The van der Waals surface area contributed by atoms with Crippen LogP contribution in [0.3, 0.4) is 0 Å². The first-order chi connectivity index (χ1) is 14.1. The molecule has 1 amide bonds. The van der Waals surface area contributed by atoms with Crippen LogP contribution in [-0.2, 0) is 24.3 Å². The van der Waals surface area contributed by atoms with Crippen LogP contribution in [0.1, 0.15) is 35.1 Å². The summed E-state index contributed by atoms with van der Waals surface area (Å²) < 4.78 is 10.8. The molecule has 1 heterocycles. The van der Waals surface area contributed by atoms with Crippen LogP contribution in [0.5, 0.6) is 11.5 Å². The van der Waals surface area contributed by atoms with Crippen LogP contribution in [0.15, 0.2) is 36.4 Å². The van der Waals surface area contributed by atoms with Gasteiger partial charge in [-0.25, -0.2) is 0 Å². The summed E-state index contributed by atoms with van der Waals surface area (Å²) in [7, 11) is 3.26. The van der Waals surface area contributed by atoms with Crippen LogP contribution in [0.4, 0.5) is 0 Å². The molecule has 0 saturated heterocycles. The zero-order valence-corrected chi connectivity index (χ0v) is 17.0. The lowest BCUT2D eigenvalue weighted by molar-refractivity contribution is -0.132. The van der Waals surface area contributed by atoms with Crippen LogP contribution < -0.4 is 14.8 Å². The Bertz CT molecular complexity index is 887. The number of fused-ring (bicyclic) bond motifs is 1. The van der Waals surface area contributed by atoms with Gasteiger partial charge in [0.25, 0.3) is 0 Å². The summed E-state index contributed by atoms with van der Waals surface area (Å²) in [5.41, 5.74) is 4.14. The summed E-state index contributed by atoms with van der Waals surface area (Å²) in [4.78, 5) is 14.5. The van der Waals surface area contributed by atoms with Crippen LogP contribution in [0.25, 0.3) is 0 Å². The molecule has 1 aliphatic rings. The lowest BCUT2D eigenvalue weighted by Crippen LogP contribution is -2.36. The fourth-order valence-corrected chi connectivity index (χ4v) is 3.55. The van der Waals surface area contributed by atoms with E-state index in [1.807, 2.05) is 41.3 Å². The highest BCUT2D eigenvalue weighted by Gasteiger charge is 2.22. The Balaban J connectivity index is 1.44. The molecule has 1 N–H and O–H groups in total. The average molecular weight is 393 g/mol. The molecular formula is C23H27N3O3. The van der Waals surface area contributed by atoms with Crippen molar-refractivity contribution in [2.24, 2.45) is 0 Å². The molecule has 1 aliphatic heterocycles. The van der Waals surface area contributed by atoms with Gasteiger partial charge in [0.1, 0.15) is 0 Å². The summed E-state index contributed by atoms with van der Waals surface area (Å²) in [6.07, 6.45) is 2.16. The van der Waals surface area contributed by atoms with Crippen molar-refractivity contribution in [2.45, 2.75) is 32.4 Å². The van der Waals surface area contributed by atoms with Crippen molar-refractivity contribution in [1.29, 1.82) is 5.26 Å². The van der Waals surface area contributed by atoms with Gasteiger partial charge in [0.2, 0.25) is 5.91 Å². The molecule has 6 heteroatoms. The first-order valence-electron chi connectivity index (χ1n) is 9.86. The predicted octanol–water partition coefficient (Wildman–Crippen LogP) is 3.03. The van der Waals surface area contributed by atoms with Gasteiger partial charge in [-0.1, -0.05) is 12.1 Å². The van der Waals surface area contributed by atoms with E-state index in [0.29, 0.717) is 24.3 Å². The SMILES string of the molecule is COc1cc2c(cc1OC)CN(C(=O)CCCNCc1ccc(C#N)cc1)CC2. The molecule has 2 aromatic carbocycles. The second kappa shape index (κ2) is 9.94. The van der Waals surface area contributed by atoms with E-state index in [1.54, 1.807) is 14.2 Å². The van der Waals surface area contributed by atoms with Gasteiger partial charge >= 0.3 is 0 Å². The van der Waals surface area contributed by atoms with E-state index in [9.17, 15) is 4.79 Å². The van der Waals surface area contributed by atoms with Gasteiger partial charge in [-0.3, -0.25) is 4.79 Å². The third kappa shape index (κ3) is 5.27. The first-order valence-corrected chi connectivity index (χ1v) is 9.86. The molecule has 0 bridgehead atoms. The summed E-state index contributed by atoms with van der Waals surface area (Å²) in [6.45, 7) is 2.87. The standard InChI is InChI=1S/C23H27N3O3/c1-28-21-12-19-9-11-26(16-20(19)13-22(21)29-2)23(27)4-3-10-25-15-18-7-5-17(14-24)6-8-18/h5-8,12-13,25H,3-4,9-11,15-16H2,1-2H3. The lowest BCUT2D eigenvalue weighted by Gasteiger charge is -2.29. The van der Waals surface area contributed by atoms with E-state index < -0.39 is 0 Å². The third-order valence-electron chi connectivity index (χ3n) is 5.23. The quantitative estimate of drug-likeness (QED) is 0.698. The molecule has 152 valence electrons. The van der Waals surface area contributed by atoms with E-state index in [0.717, 1.165) is 49.4 Å². The number of methoxy groups -OCH3 is 2. The molecule has 0 radical (unpaired) electrons. The average Bonchev–Trinajstić information content (AvgIpc) is 2.77. The van der Waals surface area contributed by atoms with Gasteiger partial charge in [-0.2, -0.15) is 5.26 Å². The molecule has 0 atom stereocenters. The van der Waals surface area contributed by atoms with E-state index >= 15 is 0 Å². The van der Waals surface area contributed by atoms with E-state index in [4.69, 9.17) is 14.7 Å². The highest BCUT2D eigenvalue weighted by molar-refractivity contribution is 5.76. The maximum atomic E-state index is 12.6. The van der Waals surface area contributed by atoms with Gasteiger partial charge in [0, 0.05) is 26.1 Å². The number of amides is 1. The maximum absolute atomic E-state index is 12.6. The number of rotatable bonds is 8. The number of nitriles is 1. The van der Waals surface area contributed by atoms with Crippen molar-refractivity contribution in [2.75, 3.05) is 27.3 Å². The first kappa shape index (κ1) is 20.7. The smallest absolute Gasteiger partial charge is 0.222 e. The Morgan fingerprint density at radius 3 is 2.48 bits per heavy atom. The van der Waals surface area contributed by atoms with Crippen molar-refractivity contribution in [3.63, 3.8) is 0 Å². The van der Waals surface area contributed by atoms with Gasteiger partial charge in [0.05, 0.1) is 25.9 Å². The van der Waals surface area contributed by atoms with Gasteiger partial charge in [-0.15, -0.1) is 0 Å². The minimum atomic E-state index is 0.186.